The van der Waals surface area contributed by atoms with Gasteiger partial charge in [-0.15, -0.1) is 24.8 Å². The third kappa shape index (κ3) is 6.75. The zero-order valence-corrected chi connectivity index (χ0v) is 21.1. The second kappa shape index (κ2) is 11.3. The molecule has 1 fully saturated rings. The van der Waals surface area contributed by atoms with Gasteiger partial charge in [-0.1, -0.05) is 17.7 Å². The number of alkyl halides is 6. The number of benzene rings is 2. The fourth-order valence-electron chi connectivity index (χ4n) is 4.55. The van der Waals surface area contributed by atoms with Crippen molar-refractivity contribution in [3.8, 4) is 0 Å². The van der Waals surface area contributed by atoms with Crippen molar-refractivity contribution >= 4 is 47.3 Å². The van der Waals surface area contributed by atoms with E-state index in [-0.39, 0.29) is 49.0 Å². The molecule has 1 aliphatic rings. The SMILES string of the molecule is Cl.Cl.NC1(c2ccnc3cc(Cl)ccc23)CCC(NCc2cc(C(F)(F)F)cc(C(F)(F)F)c2)CC1. The van der Waals surface area contributed by atoms with Crippen molar-refractivity contribution in [2.75, 3.05) is 0 Å². The van der Waals surface area contributed by atoms with Crippen LogP contribution in [0.25, 0.3) is 10.9 Å². The first-order valence-electron chi connectivity index (χ1n) is 10.7. The van der Waals surface area contributed by atoms with E-state index in [4.69, 9.17) is 17.3 Å². The van der Waals surface area contributed by atoms with Crippen LogP contribution in [0.3, 0.4) is 0 Å². The summed E-state index contributed by atoms with van der Waals surface area (Å²) in [6, 6.07) is 8.87. The van der Waals surface area contributed by atoms with Crippen molar-refractivity contribution in [1.29, 1.82) is 0 Å². The minimum atomic E-state index is -4.86. The summed E-state index contributed by atoms with van der Waals surface area (Å²) in [5.74, 6) is 0. The third-order valence-electron chi connectivity index (χ3n) is 6.36. The lowest BCUT2D eigenvalue weighted by Gasteiger charge is -2.38. The van der Waals surface area contributed by atoms with E-state index in [0.717, 1.165) is 28.6 Å². The molecule has 12 heteroatoms. The second-order valence-corrected chi connectivity index (χ2v) is 9.18. The third-order valence-corrected chi connectivity index (χ3v) is 6.60. The van der Waals surface area contributed by atoms with Gasteiger partial charge in [-0.3, -0.25) is 4.98 Å². The Labute approximate surface area is 221 Å². The Balaban J connectivity index is 0.00000228. The topological polar surface area (TPSA) is 50.9 Å². The van der Waals surface area contributed by atoms with Gasteiger partial charge in [0.2, 0.25) is 0 Å². The standard InChI is InChI=1S/C24H22ClF6N3.2ClH/c25-17-1-2-19-20(5-8-33-21(19)12-17)22(32)6-3-18(4-7-22)34-13-14-9-15(23(26,27)28)11-16(10-14)24(29,30)31;;/h1-2,5,8-12,18,34H,3-4,6-7,13,32H2;2*1H. The van der Waals surface area contributed by atoms with Gasteiger partial charge in [-0.25, -0.2) is 0 Å². The highest BCUT2D eigenvalue weighted by atomic mass is 35.5. The highest BCUT2D eigenvalue weighted by Crippen LogP contribution is 2.39. The number of nitrogens with two attached hydrogens (primary N) is 1. The number of aromatic nitrogens is 1. The van der Waals surface area contributed by atoms with Crippen LogP contribution in [0.2, 0.25) is 5.02 Å². The van der Waals surface area contributed by atoms with Crippen LogP contribution in [-0.4, -0.2) is 11.0 Å². The van der Waals surface area contributed by atoms with E-state index < -0.39 is 29.0 Å². The van der Waals surface area contributed by atoms with Crippen LogP contribution in [0.5, 0.6) is 0 Å². The molecule has 198 valence electrons. The van der Waals surface area contributed by atoms with Gasteiger partial charge >= 0.3 is 12.4 Å². The molecule has 0 atom stereocenters. The summed E-state index contributed by atoms with van der Waals surface area (Å²) in [4.78, 5) is 4.34. The fraction of sp³-hybridized carbons (Fsp3) is 0.375. The van der Waals surface area contributed by atoms with Crippen LogP contribution in [0, 0.1) is 0 Å². The van der Waals surface area contributed by atoms with Crippen molar-refractivity contribution in [2.45, 2.75) is 56.2 Å². The zero-order chi connectivity index (χ0) is 24.7. The molecule has 0 unspecified atom stereocenters. The Hall–Kier alpha value is -1.78. The first kappa shape index (κ1) is 30.4. The quantitative estimate of drug-likeness (QED) is 0.315. The lowest BCUT2D eigenvalue weighted by Crippen LogP contribution is -2.45. The van der Waals surface area contributed by atoms with E-state index in [1.165, 1.54) is 0 Å². The number of pyridine rings is 1. The lowest BCUT2D eigenvalue weighted by atomic mass is 9.74. The van der Waals surface area contributed by atoms with Crippen LogP contribution in [0.15, 0.2) is 48.7 Å². The molecule has 1 saturated carbocycles. The summed E-state index contributed by atoms with van der Waals surface area (Å²) >= 11 is 6.06. The Morgan fingerprint density at radius 2 is 1.50 bits per heavy atom. The molecule has 0 radical (unpaired) electrons. The van der Waals surface area contributed by atoms with Crippen LogP contribution in [-0.2, 0) is 24.4 Å². The summed E-state index contributed by atoms with van der Waals surface area (Å²) in [6.07, 6.45) is -5.60. The van der Waals surface area contributed by atoms with Gasteiger partial charge in [0, 0.05) is 34.7 Å². The summed E-state index contributed by atoms with van der Waals surface area (Å²) < 4.78 is 78.6. The molecule has 0 bridgehead atoms. The average Bonchev–Trinajstić information content (AvgIpc) is 2.77. The van der Waals surface area contributed by atoms with E-state index in [9.17, 15) is 26.3 Å². The highest BCUT2D eigenvalue weighted by molar-refractivity contribution is 6.31. The molecule has 3 aromatic rings. The van der Waals surface area contributed by atoms with Crippen molar-refractivity contribution in [1.82, 2.24) is 10.3 Å². The maximum absolute atomic E-state index is 13.1. The molecule has 1 heterocycles. The van der Waals surface area contributed by atoms with Gasteiger partial charge < -0.3 is 11.1 Å². The zero-order valence-electron chi connectivity index (χ0n) is 18.7. The summed E-state index contributed by atoms with van der Waals surface area (Å²) in [5.41, 5.74) is 5.12. The summed E-state index contributed by atoms with van der Waals surface area (Å²) in [6.45, 7) is -0.105. The summed E-state index contributed by atoms with van der Waals surface area (Å²) in [5, 5.41) is 4.58. The second-order valence-electron chi connectivity index (χ2n) is 8.75. The number of nitrogens with one attached hydrogen (secondary N) is 1. The molecule has 1 aromatic heterocycles. The minimum Gasteiger partial charge on any atom is -0.321 e. The monoisotopic (exact) mass is 573 g/mol. The number of hydrogen-bond acceptors (Lipinski definition) is 3. The van der Waals surface area contributed by atoms with Gasteiger partial charge in [-0.05, 0) is 73.2 Å². The number of halogens is 9. The maximum atomic E-state index is 13.1. The molecule has 3 N–H and O–H groups in total. The molecule has 36 heavy (non-hydrogen) atoms. The van der Waals surface area contributed by atoms with E-state index >= 15 is 0 Å². The minimum absolute atomic E-state index is 0. The van der Waals surface area contributed by atoms with Crippen molar-refractivity contribution in [2.24, 2.45) is 5.73 Å². The van der Waals surface area contributed by atoms with Crippen LogP contribution >= 0.6 is 36.4 Å². The maximum Gasteiger partial charge on any atom is 0.416 e. The smallest absolute Gasteiger partial charge is 0.321 e. The summed E-state index contributed by atoms with van der Waals surface area (Å²) in [7, 11) is 0. The molecule has 0 amide bonds. The Bertz CT molecular complexity index is 1160. The molecule has 3 nitrogen and oxygen atoms in total. The molecular formula is C24H24Cl3F6N3. The van der Waals surface area contributed by atoms with Gasteiger partial charge in [0.05, 0.1) is 16.6 Å². The van der Waals surface area contributed by atoms with E-state index in [1.807, 2.05) is 12.1 Å². The van der Waals surface area contributed by atoms with Crippen LogP contribution in [0.4, 0.5) is 26.3 Å². The number of nitrogens with zero attached hydrogens (tertiary/aromatic N) is 1. The average molecular weight is 575 g/mol. The Kier molecular flexibility index (Phi) is 9.56. The van der Waals surface area contributed by atoms with E-state index in [1.54, 1.807) is 18.3 Å². The molecule has 1 aliphatic carbocycles. The predicted octanol–water partition coefficient (Wildman–Crippen LogP) is 7.66. The van der Waals surface area contributed by atoms with Crippen molar-refractivity contribution in [3.63, 3.8) is 0 Å². The molecule has 4 rings (SSSR count). The molecule has 2 aromatic carbocycles. The molecule has 0 spiro atoms. The number of rotatable bonds is 4. The normalized spacial score (nSPS) is 20.5. The van der Waals surface area contributed by atoms with Crippen LogP contribution in [0.1, 0.15) is 47.9 Å². The first-order valence-corrected chi connectivity index (χ1v) is 11.1. The van der Waals surface area contributed by atoms with E-state index in [2.05, 4.69) is 10.3 Å². The predicted molar refractivity (Wildman–Crippen MR) is 133 cm³/mol. The van der Waals surface area contributed by atoms with Gasteiger partial charge in [0.25, 0.3) is 0 Å². The van der Waals surface area contributed by atoms with Crippen LogP contribution < -0.4 is 11.1 Å². The fourth-order valence-corrected chi connectivity index (χ4v) is 4.71. The number of fused-ring (bicyclic) bond motifs is 1. The molecule has 0 aliphatic heterocycles. The van der Waals surface area contributed by atoms with Gasteiger partial charge in [-0.2, -0.15) is 26.3 Å². The van der Waals surface area contributed by atoms with Crippen molar-refractivity contribution in [3.05, 3.63) is 75.9 Å². The first-order chi connectivity index (χ1) is 15.8. The van der Waals surface area contributed by atoms with E-state index in [0.29, 0.717) is 30.7 Å². The molecular weight excluding hydrogens is 551 g/mol. The highest BCUT2D eigenvalue weighted by Gasteiger charge is 2.37. The Morgan fingerprint density at radius 1 is 0.917 bits per heavy atom. The van der Waals surface area contributed by atoms with Gasteiger partial charge in [0.1, 0.15) is 0 Å². The van der Waals surface area contributed by atoms with Gasteiger partial charge in [0.15, 0.2) is 0 Å². The lowest BCUT2D eigenvalue weighted by molar-refractivity contribution is -0.143. The Morgan fingerprint density at radius 3 is 2.06 bits per heavy atom. The molecule has 0 saturated heterocycles. The number of hydrogen-bond donors (Lipinski definition) is 2. The largest absolute Gasteiger partial charge is 0.416 e. The van der Waals surface area contributed by atoms with Crippen molar-refractivity contribution < 1.29 is 26.3 Å².